The van der Waals surface area contributed by atoms with Crippen LogP contribution in [0, 0.1) is 12.8 Å². The maximum absolute atomic E-state index is 6.06. The van der Waals surface area contributed by atoms with Crippen molar-refractivity contribution in [3.63, 3.8) is 0 Å². The van der Waals surface area contributed by atoms with Crippen LogP contribution in [0.1, 0.15) is 16.3 Å². The Labute approximate surface area is 122 Å². The Kier molecular flexibility index (Phi) is 5.04. The number of nitrogens with zero attached hydrogens (tertiary/aromatic N) is 1. The van der Waals surface area contributed by atoms with Gasteiger partial charge < -0.3 is 0 Å². The Bertz CT molecular complexity index is 510. The van der Waals surface area contributed by atoms with Crippen molar-refractivity contribution in [1.82, 2.24) is 4.98 Å². The SMILES string of the molecule is Cc1nc(CC(CCl)Cc2cccc(Cl)c2)cs1. The standard InChI is InChI=1S/C14H15Cl2NS/c1-10-17-14(9-18-10)7-12(8-15)5-11-3-2-4-13(16)6-11/h2-4,6,9,12H,5,7-8H2,1H3. The van der Waals surface area contributed by atoms with Gasteiger partial charge in [-0.15, -0.1) is 22.9 Å². The number of thiazole rings is 1. The first-order valence-corrected chi connectivity index (χ1v) is 7.68. The van der Waals surface area contributed by atoms with E-state index >= 15 is 0 Å². The average molecular weight is 300 g/mol. The lowest BCUT2D eigenvalue weighted by atomic mass is 9.97. The van der Waals surface area contributed by atoms with E-state index in [0.717, 1.165) is 28.6 Å². The molecular weight excluding hydrogens is 285 g/mol. The second-order valence-electron chi connectivity index (χ2n) is 4.42. The molecule has 0 amide bonds. The zero-order chi connectivity index (χ0) is 13.0. The molecule has 0 N–H and O–H groups in total. The van der Waals surface area contributed by atoms with Crippen molar-refractivity contribution in [2.45, 2.75) is 19.8 Å². The summed E-state index contributed by atoms with van der Waals surface area (Å²) < 4.78 is 0. The molecule has 96 valence electrons. The lowest BCUT2D eigenvalue weighted by molar-refractivity contribution is 0.577. The Balaban J connectivity index is 2.01. The van der Waals surface area contributed by atoms with Gasteiger partial charge in [0.05, 0.1) is 10.7 Å². The van der Waals surface area contributed by atoms with E-state index in [1.54, 1.807) is 11.3 Å². The van der Waals surface area contributed by atoms with Gasteiger partial charge in [-0.2, -0.15) is 0 Å². The van der Waals surface area contributed by atoms with Gasteiger partial charge in [0.25, 0.3) is 0 Å². The molecule has 0 aliphatic carbocycles. The van der Waals surface area contributed by atoms with Gasteiger partial charge in [-0.1, -0.05) is 23.7 Å². The van der Waals surface area contributed by atoms with Crippen molar-refractivity contribution >= 4 is 34.5 Å². The molecule has 2 aromatic rings. The lowest BCUT2D eigenvalue weighted by Gasteiger charge is -2.12. The number of alkyl halides is 1. The lowest BCUT2D eigenvalue weighted by Crippen LogP contribution is -2.10. The molecule has 0 saturated carbocycles. The minimum absolute atomic E-state index is 0.409. The summed E-state index contributed by atoms with van der Waals surface area (Å²) in [6.45, 7) is 2.03. The molecule has 1 unspecified atom stereocenters. The van der Waals surface area contributed by atoms with E-state index in [4.69, 9.17) is 23.2 Å². The summed E-state index contributed by atoms with van der Waals surface area (Å²) in [5.41, 5.74) is 2.38. The van der Waals surface area contributed by atoms with Crippen LogP contribution >= 0.6 is 34.5 Å². The molecule has 2 rings (SSSR count). The summed E-state index contributed by atoms with van der Waals surface area (Å²) in [6, 6.07) is 7.98. The summed E-state index contributed by atoms with van der Waals surface area (Å²) in [5, 5.41) is 4.01. The van der Waals surface area contributed by atoms with Gasteiger partial charge in [-0.05, 0) is 43.4 Å². The second-order valence-corrected chi connectivity index (χ2v) is 6.22. The summed E-state index contributed by atoms with van der Waals surface area (Å²) in [6.07, 6.45) is 1.88. The van der Waals surface area contributed by atoms with Crippen molar-refractivity contribution in [3.8, 4) is 0 Å². The fourth-order valence-electron chi connectivity index (χ4n) is 1.98. The number of halogens is 2. The van der Waals surface area contributed by atoms with E-state index in [1.807, 2.05) is 25.1 Å². The van der Waals surface area contributed by atoms with Gasteiger partial charge in [0.15, 0.2) is 0 Å². The third-order valence-corrected chi connectivity index (χ3v) is 4.29. The van der Waals surface area contributed by atoms with Gasteiger partial charge in [0.2, 0.25) is 0 Å². The first-order chi connectivity index (χ1) is 8.67. The molecule has 0 fully saturated rings. The predicted molar refractivity (Wildman–Crippen MR) is 79.9 cm³/mol. The highest BCUT2D eigenvalue weighted by atomic mass is 35.5. The summed E-state index contributed by atoms with van der Waals surface area (Å²) in [5.74, 6) is 1.05. The van der Waals surface area contributed by atoms with Crippen molar-refractivity contribution in [2.24, 2.45) is 5.92 Å². The molecule has 0 radical (unpaired) electrons. The van der Waals surface area contributed by atoms with E-state index in [-0.39, 0.29) is 0 Å². The van der Waals surface area contributed by atoms with Gasteiger partial charge in [0, 0.05) is 16.3 Å². The van der Waals surface area contributed by atoms with E-state index in [1.165, 1.54) is 5.56 Å². The van der Waals surface area contributed by atoms with Crippen molar-refractivity contribution < 1.29 is 0 Å². The van der Waals surface area contributed by atoms with Gasteiger partial charge >= 0.3 is 0 Å². The molecule has 1 heterocycles. The van der Waals surface area contributed by atoms with Crippen LogP contribution in [0.25, 0.3) is 0 Å². The van der Waals surface area contributed by atoms with Crippen LogP contribution in [0.3, 0.4) is 0 Å². The molecule has 1 aromatic heterocycles. The van der Waals surface area contributed by atoms with Crippen LogP contribution in [0.2, 0.25) is 5.02 Å². The number of aromatic nitrogens is 1. The Morgan fingerprint density at radius 3 is 2.78 bits per heavy atom. The normalized spacial score (nSPS) is 12.6. The van der Waals surface area contributed by atoms with Crippen LogP contribution in [0.4, 0.5) is 0 Å². The first kappa shape index (κ1) is 13.9. The summed E-state index contributed by atoms with van der Waals surface area (Å²) in [4.78, 5) is 4.49. The van der Waals surface area contributed by atoms with Gasteiger partial charge in [-0.25, -0.2) is 4.98 Å². The zero-order valence-corrected chi connectivity index (χ0v) is 12.5. The highest BCUT2D eigenvalue weighted by Gasteiger charge is 2.11. The maximum Gasteiger partial charge on any atom is 0.0897 e. The molecule has 0 aliphatic heterocycles. The topological polar surface area (TPSA) is 12.9 Å². The molecule has 0 aliphatic rings. The van der Waals surface area contributed by atoms with Crippen molar-refractivity contribution in [3.05, 3.63) is 50.9 Å². The van der Waals surface area contributed by atoms with E-state index in [9.17, 15) is 0 Å². The monoisotopic (exact) mass is 299 g/mol. The molecular formula is C14H15Cl2NS. The predicted octanol–water partition coefficient (Wildman–Crippen LogP) is 4.75. The number of benzene rings is 1. The maximum atomic E-state index is 6.06. The Morgan fingerprint density at radius 2 is 2.17 bits per heavy atom. The highest BCUT2D eigenvalue weighted by molar-refractivity contribution is 7.09. The largest absolute Gasteiger partial charge is 0.247 e. The van der Waals surface area contributed by atoms with Crippen LogP contribution < -0.4 is 0 Å². The Morgan fingerprint density at radius 1 is 1.33 bits per heavy atom. The molecule has 4 heteroatoms. The van der Waals surface area contributed by atoms with Crippen LogP contribution in [0.5, 0.6) is 0 Å². The molecule has 1 atom stereocenters. The molecule has 1 nitrogen and oxygen atoms in total. The number of hydrogen-bond acceptors (Lipinski definition) is 2. The smallest absolute Gasteiger partial charge is 0.0897 e. The third-order valence-electron chi connectivity index (χ3n) is 2.80. The first-order valence-electron chi connectivity index (χ1n) is 5.89. The molecule has 0 bridgehead atoms. The average Bonchev–Trinajstić information content (AvgIpc) is 2.74. The van der Waals surface area contributed by atoms with E-state index in [2.05, 4.69) is 16.4 Å². The minimum Gasteiger partial charge on any atom is -0.247 e. The molecule has 18 heavy (non-hydrogen) atoms. The van der Waals surface area contributed by atoms with Crippen molar-refractivity contribution in [2.75, 3.05) is 5.88 Å². The van der Waals surface area contributed by atoms with E-state index < -0.39 is 0 Å². The third kappa shape index (κ3) is 3.98. The zero-order valence-electron chi connectivity index (χ0n) is 10.2. The van der Waals surface area contributed by atoms with Gasteiger partial charge in [-0.3, -0.25) is 0 Å². The van der Waals surface area contributed by atoms with Gasteiger partial charge in [0.1, 0.15) is 0 Å². The van der Waals surface area contributed by atoms with Crippen LogP contribution in [0.15, 0.2) is 29.6 Å². The number of aryl methyl sites for hydroxylation is 1. The van der Waals surface area contributed by atoms with Crippen LogP contribution in [-0.2, 0) is 12.8 Å². The van der Waals surface area contributed by atoms with E-state index in [0.29, 0.717) is 11.8 Å². The number of rotatable bonds is 5. The summed E-state index contributed by atoms with van der Waals surface area (Å²) in [7, 11) is 0. The second kappa shape index (κ2) is 6.55. The number of hydrogen-bond donors (Lipinski definition) is 0. The quantitative estimate of drug-likeness (QED) is 0.726. The molecule has 0 saturated heterocycles. The fraction of sp³-hybridized carbons (Fsp3) is 0.357. The minimum atomic E-state index is 0.409. The van der Waals surface area contributed by atoms with Crippen molar-refractivity contribution in [1.29, 1.82) is 0 Å². The Hall–Kier alpha value is -0.570. The fourth-order valence-corrected chi connectivity index (χ4v) is 3.03. The molecule has 0 spiro atoms. The summed E-state index contributed by atoms with van der Waals surface area (Å²) >= 11 is 13.7. The molecule has 1 aromatic carbocycles. The van der Waals surface area contributed by atoms with Crippen LogP contribution in [-0.4, -0.2) is 10.9 Å². The highest BCUT2D eigenvalue weighted by Crippen LogP contribution is 2.19.